The molecule has 1 aromatic rings. The largest absolute Gasteiger partial charge is 0.374 e. The zero-order valence-corrected chi connectivity index (χ0v) is 11.2. The Labute approximate surface area is 120 Å². The van der Waals surface area contributed by atoms with Crippen LogP contribution in [-0.2, 0) is 14.4 Å². The molecule has 0 aliphatic carbocycles. The molecule has 0 N–H and O–H groups in total. The predicted molar refractivity (Wildman–Crippen MR) is 69.0 cm³/mol. The van der Waals surface area contributed by atoms with E-state index < -0.39 is 17.8 Å². The molecule has 3 aliphatic rings. The van der Waals surface area contributed by atoms with Crippen molar-refractivity contribution in [2.75, 3.05) is 0 Å². The number of hydrogen-bond acceptors (Lipinski definition) is 5. The van der Waals surface area contributed by atoms with E-state index in [4.69, 9.17) is 9.57 Å². The molecule has 2 fully saturated rings. The Hall–Kier alpha value is -2.21. The Morgan fingerprint density at radius 2 is 1.81 bits per heavy atom. The summed E-state index contributed by atoms with van der Waals surface area (Å²) in [4.78, 5) is 41.5. The average Bonchev–Trinajstić information content (AvgIpc) is 3.18. The van der Waals surface area contributed by atoms with Crippen LogP contribution < -0.4 is 0 Å². The highest BCUT2D eigenvalue weighted by Gasteiger charge is 2.47. The van der Waals surface area contributed by atoms with Gasteiger partial charge in [-0.25, -0.2) is 4.79 Å². The monoisotopic (exact) mass is 287 g/mol. The van der Waals surface area contributed by atoms with E-state index >= 15 is 0 Å². The zero-order valence-electron chi connectivity index (χ0n) is 11.2. The van der Waals surface area contributed by atoms with Crippen molar-refractivity contribution in [3.63, 3.8) is 0 Å². The quantitative estimate of drug-likeness (QED) is 0.767. The number of benzene rings is 1. The molecule has 6 heteroatoms. The summed E-state index contributed by atoms with van der Waals surface area (Å²) in [5.41, 5.74) is 0.527. The first-order chi connectivity index (χ1) is 10.1. The number of hydroxylamine groups is 2. The maximum absolute atomic E-state index is 12.2. The van der Waals surface area contributed by atoms with Crippen molar-refractivity contribution in [3.8, 4) is 0 Å². The number of rotatable bonds is 2. The van der Waals surface area contributed by atoms with Crippen LogP contribution in [0.4, 0.5) is 0 Å². The molecule has 0 radical (unpaired) electrons. The summed E-state index contributed by atoms with van der Waals surface area (Å²) < 4.78 is 5.60. The third kappa shape index (κ3) is 1.79. The Morgan fingerprint density at radius 1 is 1.14 bits per heavy atom. The van der Waals surface area contributed by atoms with Gasteiger partial charge in [-0.3, -0.25) is 9.59 Å². The third-order valence-electron chi connectivity index (χ3n) is 4.35. The lowest BCUT2D eigenvalue weighted by molar-refractivity contribution is -0.175. The predicted octanol–water partition coefficient (Wildman–Crippen LogP) is 1.31. The summed E-state index contributed by atoms with van der Waals surface area (Å²) in [5, 5.41) is 0.568. The van der Waals surface area contributed by atoms with Crippen LogP contribution in [0.3, 0.4) is 0 Å². The van der Waals surface area contributed by atoms with Crippen LogP contribution in [0.15, 0.2) is 24.3 Å². The third-order valence-corrected chi connectivity index (χ3v) is 4.35. The van der Waals surface area contributed by atoms with Crippen molar-refractivity contribution < 1.29 is 24.0 Å². The minimum atomic E-state index is -0.590. The Morgan fingerprint density at radius 3 is 2.33 bits per heavy atom. The van der Waals surface area contributed by atoms with E-state index in [0.29, 0.717) is 11.5 Å². The van der Waals surface area contributed by atoms with Gasteiger partial charge < -0.3 is 9.57 Å². The molecular formula is C15H13NO5. The number of imide groups is 1. The first-order valence-corrected chi connectivity index (χ1v) is 7.00. The van der Waals surface area contributed by atoms with Gasteiger partial charge in [-0.2, -0.15) is 0 Å². The fourth-order valence-corrected chi connectivity index (χ4v) is 3.29. The first kappa shape index (κ1) is 12.5. The van der Waals surface area contributed by atoms with Crippen LogP contribution in [0.2, 0.25) is 0 Å². The van der Waals surface area contributed by atoms with Gasteiger partial charge in [-0.15, -0.1) is 0 Å². The second kappa shape index (κ2) is 4.39. The molecule has 0 saturated carbocycles. The fourth-order valence-electron chi connectivity index (χ4n) is 3.29. The van der Waals surface area contributed by atoms with Crippen LogP contribution in [0.25, 0.3) is 0 Å². The highest BCUT2D eigenvalue weighted by Crippen LogP contribution is 2.39. The van der Waals surface area contributed by atoms with Crippen molar-refractivity contribution in [2.24, 2.45) is 5.92 Å². The van der Waals surface area contributed by atoms with Crippen LogP contribution in [0, 0.1) is 5.92 Å². The van der Waals surface area contributed by atoms with Crippen LogP contribution >= 0.6 is 0 Å². The van der Waals surface area contributed by atoms with Crippen LogP contribution in [-0.4, -0.2) is 35.1 Å². The Bertz CT molecular complexity index is 620. The lowest BCUT2D eigenvalue weighted by Gasteiger charge is -2.19. The highest BCUT2D eigenvalue weighted by atomic mass is 16.7. The van der Waals surface area contributed by atoms with Gasteiger partial charge in [-0.1, -0.05) is 17.2 Å². The molecule has 3 aliphatic heterocycles. The Balaban J connectivity index is 1.52. The van der Waals surface area contributed by atoms with Crippen molar-refractivity contribution in [1.82, 2.24) is 5.06 Å². The van der Waals surface area contributed by atoms with E-state index in [1.54, 1.807) is 24.3 Å². The summed E-state index contributed by atoms with van der Waals surface area (Å²) in [5.74, 6) is -2.12. The smallest absolute Gasteiger partial charge is 0.338 e. The topological polar surface area (TPSA) is 72.9 Å². The minimum Gasteiger partial charge on any atom is -0.374 e. The molecule has 1 aromatic carbocycles. The lowest BCUT2D eigenvalue weighted by atomic mass is 9.89. The lowest BCUT2D eigenvalue weighted by Crippen LogP contribution is -2.37. The number of carbonyl (C=O) groups excluding carboxylic acids is 3. The van der Waals surface area contributed by atoms with Gasteiger partial charge in [0.05, 0.1) is 29.3 Å². The van der Waals surface area contributed by atoms with Crippen molar-refractivity contribution in [3.05, 3.63) is 35.4 Å². The molecule has 2 saturated heterocycles. The maximum Gasteiger partial charge on any atom is 0.338 e. The standard InChI is InChI=1S/C15H13NO5/c17-13-9-3-1-2-4-10(9)14(18)16(13)21-15(19)11-7-8-5-6-12(11)20-8/h1-4,8,11-12H,5-7H2/t8-,11-,12+/m1/s1. The molecule has 0 spiro atoms. The molecule has 2 bridgehead atoms. The second-order valence-electron chi connectivity index (χ2n) is 5.58. The van der Waals surface area contributed by atoms with Gasteiger partial charge in [0.25, 0.3) is 11.8 Å². The van der Waals surface area contributed by atoms with Crippen molar-refractivity contribution in [2.45, 2.75) is 31.5 Å². The molecule has 3 heterocycles. The average molecular weight is 287 g/mol. The van der Waals surface area contributed by atoms with Crippen LogP contribution in [0.1, 0.15) is 40.0 Å². The highest BCUT2D eigenvalue weighted by molar-refractivity contribution is 6.20. The molecule has 0 aromatic heterocycles. The van der Waals surface area contributed by atoms with E-state index in [9.17, 15) is 14.4 Å². The number of fused-ring (bicyclic) bond motifs is 3. The van der Waals surface area contributed by atoms with E-state index in [2.05, 4.69) is 0 Å². The molecule has 108 valence electrons. The van der Waals surface area contributed by atoms with Gasteiger partial charge in [0.1, 0.15) is 0 Å². The van der Waals surface area contributed by atoms with Gasteiger partial charge >= 0.3 is 5.97 Å². The van der Waals surface area contributed by atoms with Gasteiger partial charge in [0, 0.05) is 0 Å². The number of carbonyl (C=O) groups is 3. The van der Waals surface area contributed by atoms with Crippen molar-refractivity contribution in [1.29, 1.82) is 0 Å². The molecule has 4 rings (SSSR count). The summed E-state index contributed by atoms with van der Waals surface area (Å²) in [6, 6.07) is 6.42. The number of nitrogens with zero attached hydrogens (tertiary/aromatic N) is 1. The minimum absolute atomic E-state index is 0.106. The molecular weight excluding hydrogens is 274 g/mol. The summed E-state index contributed by atoms with van der Waals surface area (Å²) in [7, 11) is 0. The van der Waals surface area contributed by atoms with E-state index in [0.717, 1.165) is 12.8 Å². The molecule has 0 unspecified atom stereocenters. The number of amides is 2. The summed E-state index contributed by atoms with van der Waals surface area (Å²) >= 11 is 0. The summed E-state index contributed by atoms with van der Waals surface area (Å²) in [6.45, 7) is 0. The van der Waals surface area contributed by atoms with E-state index in [1.165, 1.54) is 0 Å². The van der Waals surface area contributed by atoms with Crippen molar-refractivity contribution >= 4 is 17.8 Å². The van der Waals surface area contributed by atoms with Gasteiger partial charge in [-0.05, 0) is 31.4 Å². The van der Waals surface area contributed by atoms with Crippen LogP contribution in [0.5, 0.6) is 0 Å². The normalized spacial score (nSPS) is 29.9. The SMILES string of the molecule is O=C(ON1C(=O)c2ccccc2C1=O)[C@@H]1C[C@H]2CC[C@@H]1O2. The number of hydrogen-bond donors (Lipinski definition) is 0. The second-order valence-corrected chi connectivity index (χ2v) is 5.58. The van der Waals surface area contributed by atoms with E-state index in [-0.39, 0.29) is 29.3 Å². The van der Waals surface area contributed by atoms with Gasteiger partial charge in [0.15, 0.2) is 0 Å². The van der Waals surface area contributed by atoms with Gasteiger partial charge in [0.2, 0.25) is 0 Å². The molecule has 2 amide bonds. The van der Waals surface area contributed by atoms with E-state index in [1.807, 2.05) is 0 Å². The summed E-state index contributed by atoms with van der Waals surface area (Å²) in [6.07, 6.45) is 2.35. The zero-order chi connectivity index (χ0) is 14.6. The molecule has 6 nitrogen and oxygen atoms in total. The Kier molecular flexibility index (Phi) is 2.62. The first-order valence-electron chi connectivity index (χ1n) is 7.00. The number of ether oxygens (including phenoxy) is 1. The molecule has 21 heavy (non-hydrogen) atoms. The maximum atomic E-state index is 12.2. The fraction of sp³-hybridized carbons (Fsp3) is 0.400. The molecule has 3 atom stereocenters.